The van der Waals surface area contributed by atoms with Crippen molar-refractivity contribution in [2.24, 2.45) is 0 Å². The maximum atomic E-state index is 12.8. The minimum Gasteiger partial charge on any atom is -0.543 e. The normalized spacial score (nSPS) is 14.2. The Morgan fingerprint density at radius 1 is 0.792 bits per heavy atom. The molecule has 2 aromatic carbocycles. The number of benzene rings is 2. The molecule has 0 saturated carbocycles. The molecular weight excluding hydrogens is 316 g/mol. The maximum absolute atomic E-state index is 12.8. The summed E-state index contributed by atoms with van der Waals surface area (Å²) in [4.78, 5) is 25.4. The van der Waals surface area contributed by atoms with Gasteiger partial charge in [-0.3, -0.25) is 9.59 Å². The van der Waals surface area contributed by atoms with Crippen molar-refractivity contribution in [3.63, 3.8) is 0 Å². The second-order valence-corrected chi connectivity index (χ2v) is 12.5. The Balaban J connectivity index is 2.03. The van der Waals surface area contributed by atoms with Crippen LogP contribution < -0.4 is 4.43 Å². The van der Waals surface area contributed by atoms with E-state index in [9.17, 15) is 9.59 Å². The van der Waals surface area contributed by atoms with Gasteiger partial charge in [0.1, 0.15) is 5.75 Å². The van der Waals surface area contributed by atoms with Crippen molar-refractivity contribution >= 4 is 19.9 Å². The molecule has 0 aromatic heterocycles. The maximum Gasteiger partial charge on any atom is 0.250 e. The summed E-state index contributed by atoms with van der Waals surface area (Å²) in [5.41, 5.74) is 1.85. The number of hydrogen-bond donors (Lipinski definition) is 0. The fraction of sp³-hybridized carbons (Fsp3) is 0.300. The molecule has 0 heterocycles. The van der Waals surface area contributed by atoms with Gasteiger partial charge in [-0.15, -0.1) is 0 Å². The van der Waals surface area contributed by atoms with E-state index in [1.807, 2.05) is 0 Å². The Hall–Kier alpha value is -2.20. The molecule has 0 spiro atoms. The van der Waals surface area contributed by atoms with Crippen molar-refractivity contribution < 1.29 is 14.0 Å². The van der Waals surface area contributed by atoms with E-state index < -0.39 is 8.32 Å². The van der Waals surface area contributed by atoms with Gasteiger partial charge in [0.15, 0.2) is 11.6 Å². The first kappa shape index (κ1) is 16.6. The highest BCUT2D eigenvalue weighted by molar-refractivity contribution is 6.74. The third kappa shape index (κ3) is 2.61. The zero-order valence-corrected chi connectivity index (χ0v) is 15.8. The van der Waals surface area contributed by atoms with Crippen molar-refractivity contribution in [1.29, 1.82) is 0 Å². The molecule has 0 bridgehead atoms. The van der Waals surface area contributed by atoms with E-state index in [1.54, 1.807) is 42.5 Å². The molecule has 0 unspecified atom stereocenters. The molecule has 24 heavy (non-hydrogen) atoms. The van der Waals surface area contributed by atoms with E-state index in [1.165, 1.54) is 0 Å². The third-order valence-corrected chi connectivity index (χ3v) is 9.43. The fourth-order valence-electron chi connectivity index (χ4n) is 2.59. The van der Waals surface area contributed by atoms with Crippen LogP contribution in [0.15, 0.2) is 42.5 Å². The highest BCUT2D eigenvalue weighted by atomic mass is 28.4. The van der Waals surface area contributed by atoms with E-state index in [0.717, 1.165) is 0 Å². The lowest BCUT2D eigenvalue weighted by atomic mass is 9.84. The van der Waals surface area contributed by atoms with Crippen LogP contribution in [0.5, 0.6) is 5.75 Å². The molecule has 124 valence electrons. The van der Waals surface area contributed by atoms with E-state index in [4.69, 9.17) is 4.43 Å². The highest BCUT2D eigenvalue weighted by Gasteiger charge is 2.39. The lowest BCUT2D eigenvalue weighted by Gasteiger charge is -2.36. The first-order valence-corrected chi connectivity index (χ1v) is 11.0. The van der Waals surface area contributed by atoms with Gasteiger partial charge in [0.05, 0.1) is 0 Å². The predicted octanol–water partition coefficient (Wildman–Crippen LogP) is 4.85. The van der Waals surface area contributed by atoms with E-state index in [0.29, 0.717) is 28.0 Å². The van der Waals surface area contributed by atoms with Crippen LogP contribution in [0, 0.1) is 0 Å². The quantitative estimate of drug-likeness (QED) is 0.628. The van der Waals surface area contributed by atoms with Crippen molar-refractivity contribution in [3.8, 4) is 5.75 Å². The van der Waals surface area contributed by atoms with Crippen molar-refractivity contribution in [1.82, 2.24) is 0 Å². The standard InChI is InChI=1S/C20H22O3Si/c1-20(2,3)24(4,5)23-13-10-11-16-17(12-13)19(22)15-9-7-6-8-14(15)18(16)21/h6-12H,1-5H3. The van der Waals surface area contributed by atoms with Crippen LogP contribution in [0.2, 0.25) is 18.1 Å². The van der Waals surface area contributed by atoms with E-state index >= 15 is 0 Å². The van der Waals surface area contributed by atoms with E-state index in [2.05, 4.69) is 33.9 Å². The van der Waals surface area contributed by atoms with Gasteiger partial charge in [-0.2, -0.15) is 0 Å². The second-order valence-electron chi connectivity index (χ2n) is 7.77. The first-order chi connectivity index (χ1) is 11.1. The second kappa shape index (κ2) is 5.41. The predicted molar refractivity (Wildman–Crippen MR) is 97.6 cm³/mol. The summed E-state index contributed by atoms with van der Waals surface area (Å²) in [6.45, 7) is 10.8. The van der Waals surface area contributed by atoms with Gasteiger partial charge in [0.25, 0.3) is 0 Å². The molecule has 4 heteroatoms. The van der Waals surface area contributed by atoms with Gasteiger partial charge in [-0.1, -0.05) is 45.0 Å². The molecule has 2 aromatic rings. The Morgan fingerprint density at radius 3 is 1.83 bits per heavy atom. The minimum absolute atomic E-state index is 0.0648. The summed E-state index contributed by atoms with van der Waals surface area (Å²) in [6, 6.07) is 12.2. The number of fused-ring (bicyclic) bond motifs is 2. The molecule has 0 fully saturated rings. The number of carbonyl (C=O) groups is 2. The van der Waals surface area contributed by atoms with Crippen LogP contribution in [0.1, 0.15) is 52.6 Å². The summed E-state index contributed by atoms with van der Waals surface area (Å²) >= 11 is 0. The number of ketones is 2. The topological polar surface area (TPSA) is 43.4 Å². The van der Waals surface area contributed by atoms with Gasteiger partial charge < -0.3 is 4.43 Å². The van der Waals surface area contributed by atoms with Gasteiger partial charge in [-0.25, -0.2) is 0 Å². The Kier molecular flexibility index (Phi) is 3.76. The van der Waals surface area contributed by atoms with Crippen LogP contribution in [-0.4, -0.2) is 19.9 Å². The molecule has 1 aliphatic rings. The number of hydrogen-bond acceptors (Lipinski definition) is 3. The van der Waals surface area contributed by atoms with Gasteiger partial charge >= 0.3 is 0 Å². The van der Waals surface area contributed by atoms with Crippen LogP contribution in [0.3, 0.4) is 0 Å². The van der Waals surface area contributed by atoms with Gasteiger partial charge in [0, 0.05) is 22.3 Å². The summed E-state index contributed by atoms with van der Waals surface area (Å²) in [6.07, 6.45) is 0. The summed E-state index contributed by atoms with van der Waals surface area (Å²) in [7, 11) is -2.00. The summed E-state index contributed by atoms with van der Waals surface area (Å²) in [5, 5.41) is 0.0648. The summed E-state index contributed by atoms with van der Waals surface area (Å²) < 4.78 is 6.28. The molecule has 3 rings (SSSR count). The minimum atomic E-state index is -2.00. The lowest BCUT2D eigenvalue weighted by Crippen LogP contribution is -2.43. The number of carbonyl (C=O) groups excluding carboxylic acids is 2. The van der Waals surface area contributed by atoms with Gasteiger partial charge in [0.2, 0.25) is 8.32 Å². The molecule has 0 saturated heterocycles. The van der Waals surface area contributed by atoms with Crippen LogP contribution in [0.4, 0.5) is 0 Å². The highest BCUT2D eigenvalue weighted by Crippen LogP contribution is 2.38. The van der Waals surface area contributed by atoms with E-state index in [-0.39, 0.29) is 16.6 Å². The third-order valence-electron chi connectivity index (χ3n) is 5.08. The van der Waals surface area contributed by atoms with Gasteiger partial charge in [-0.05, 0) is 36.3 Å². The molecule has 0 aliphatic heterocycles. The molecule has 0 amide bonds. The molecule has 0 radical (unpaired) electrons. The van der Waals surface area contributed by atoms with Crippen molar-refractivity contribution in [2.45, 2.75) is 38.9 Å². The average molecular weight is 338 g/mol. The smallest absolute Gasteiger partial charge is 0.250 e. The Morgan fingerprint density at radius 2 is 1.29 bits per heavy atom. The van der Waals surface area contributed by atoms with Crippen LogP contribution in [0.25, 0.3) is 0 Å². The molecule has 0 N–H and O–H groups in total. The zero-order chi connectivity index (χ0) is 17.7. The SMILES string of the molecule is CC(C)(C)[Si](C)(C)Oc1ccc2c(c1)C(=O)c1ccccc1C2=O. The van der Waals surface area contributed by atoms with Crippen LogP contribution in [-0.2, 0) is 0 Å². The zero-order valence-electron chi connectivity index (χ0n) is 14.8. The monoisotopic (exact) mass is 338 g/mol. The first-order valence-electron chi connectivity index (χ1n) is 8.13. The van der Waals surface area contributed by atoms with Crippen molar-refractivity contribution in [3.05, 3.63) is 64.7 Å². The summed E-state index contributed by atoms with van der Waals surface area (Å²) in [5.74, 6) is 0.459. The largest absolute Gasteiger partial charge is 0.543 e. The molecule has 0 atom stereocenters. The Labute approximate surface area is 143 Å². The lowest BCUT2D eigenvalue weighted by molar-refractivity contribution is 0.0979. The van der Waals surface area contributed by atoms with Crippen LogP contribution >= 0.6 is 0 Å². The fourth-order valence-corrected chi connectivity index (χ4v) is 3.61. The molecule has 1 aliphatic carbocycles. The molecule has 3 nitrogen and oxygen atoms in total. The molecular formula is C20H22O3Si. The Bertz CT molecular complexity index is 844. The van der Waals surface area contributed by atoms with Crippen molar-refractivity contribution in [2.75, 3.05) is 0 Å². The average Bonchev–Trinajstić information content (AvgIpc) is 2.51. The number of rotatable bonds is 2.